The van der Waals surface area contributed by atoms with Gasteiger partial charge < -0.3 is 4.98 Å². The van der Waals surface area contributed by atoms with Gasteiger partial charge in [-0.2, -0.15) is 0 Å². The Morgan fingerprint density at radius 1 is 1.25 bits per heavy atom. The van der Waals surface area contributed by atoms with Crippen LogP contribution in [0.2, 0.25) is 5.02 Å². The first kappa shape index (κ1) is 17.6. The normalized spacial score (nSPS) is 14.5. The summed E-state index contributed by atoms with van der Waals surface area (Å²) in [7, 11) is 0. The monoisotopic (exact) mass is 411 g/mol. The third kappa shape index (κ3) is 3.05. The standard InChI is InChI=1S/C20H18ClN5OS/c1-12-17(26-8-9-28-20(26)22-12)11-25-7-6-16-15(10-25)19(27)24-18(23-16)13-2-4-14(21)5-3-13/h2-5,8-9H,6-7,10-11H2,1H3,(H,23,24,27). The van der Waals surface area contributed by atoms with E-state index in [4.69, 9.17) is 16.6 Å². The molecule has 1 N–H and O–H groups in total. The van der Waals surface area contributed by atoms with Crippen LogP contribution in [0.5, 0.6) is 0 Å². The van der Waals surface area contributed by atoms with E-state index in [1.165, 1.54) is 5.69 Å². The average molecular weight is 412 g/mol. The Bertz CT molecular complexity index is 1220. The molecule has 0 saturated heterocycles. The molecule has 1 aromatic carbocycles. The predicted octanol–water partition coefficient (Wildman–Crippen LogP) is 3.67. The van der Waals surface area contributed by atoms with Gasteiger partial charge in [0, 0.05) is 48.2 Å². The number of nitrogens with zero attached hydrogens (tertiary/aromatic N) is 4. The van der Waals surface area contributed by atoms with Gasteiger partial charge in [-0.25, -0.2) is 9.97 Å². The zero-order valence-corrected chi connectivity index (χ0v) is 16.8. The van der Waals surface area contributed by atoms with Crippen LogP contribution in [0, 0.1) is 6.92 Å². The summed E-state index contributed by atoms with van der Waals surface area (Å²) in [6.45, 7) is 4.26. The molecular formula is C20H18ClN5OS. The largest absolute Gasteiger partial charge is 0.306 e. The van der Waals surface area contributed by atoms with Crippen molar-refractivity contribution in [3.05, 3.63) is 73.9 Å². The molecule has 0 saturated carbocycles. The number of halogens is 1. The number of H-pyrrole nitrogens is 1. The van der Waals surface area contributed by atoms with Gasteiger partial charge in [0.25, 0.3) is 5.56 Å². The lowest BCUT2D eigenvalue weighted by molar-refractivity contribution is 0.238. The van der Waals surface area contributed by atoms with E-state index in [2.05, 4.69) is 25.5 Å². The van der Waals surface area contributed by atoms with Crippen LogP contribution in [0.3, 0.4) is 0 Å². The minimum atomic E-state index is -0.0645. The summed E-state index contributed by atoms with van der Waals surface area (Å²) < 4.78 is 2.14. The maximum atomic E-state index is 12.7. The molecule has 0 atom stereocenters. The van der Waals surface area contributed by atoms with Crippen molar-refractivity contribution in [1.29, 1.82) is 0 Å². The first-order valence-corrected chi connectivity index (χ1v) is 10.4. The van der Waals surface area contributed by atoms with E-state index >= 15 is 0 Å². The molecule has 0 aliphatic carbocycles. The molecule has 8 heteroatoms. The fraction of sp³-hybridized carbons (Fsp3) is 0.250. The van der Waals surface area contributed by atoms with E-state index < -0.39 is 0 Å². The zero-order chi connectivity index (χ0) is 19.3. The second-order valence-corrected chi connectivity index (χ2v) is 8.32. The Kier molecular flexibility index (Phi) is 4.30. The molecule has 1 aliphatic heterocycles. The van der Waals surface area contributed by atoms with Crippen molar-refractivity contribution >= 4 is 27.9 Å². The van der Waals surface area contributed by atoms with Crippen LogP contribution >= 0.6 is 22.9 Å². The number of hydrogen-bond acceptors (Lipinski definition) is 5. The molecule has 142 valence electrons. The number of fused-ring (bicyclic) bond motifs is 2. The first-order valence-electron chi connectivity index (χ1n) is 9.10. The van der Waals surface area contributed by atoms with E-state index in [0.29, 0.717) is 17.4 Å². The lowest BCUT2D eigenvalue weighted by Gasteiger charge is -2.27. The number of rotatable bonds is 3. The van der Waals surface area contributed by atoms with Gasteiger partial charge in [0.1, 0.15) is 5.82 Å². The summed E-state index contributed by atoms with van der Waals surface area (Å²) in [5, 5.41) is 2.71. The van der Waals surface area contributed by atoms with Crippen molar-refractivity contribution in [3.8, 4) is 11.4 Å². The van der Waals surface area contributed by atoms with Crippen LogP contribution in [0.4, 0.5) is 0 Å². The van der Waals surface area contributed by atoms with Crippen LogP contribution in [-0.4, -0.2) is 30.8 Å². The molecule has 5 rings (SSSR count). The van der Waals surface area contributed by atoms with Crippen LogP contribution in [0.1, 0.15) is 22.6 Å². The van der Waals surface area contributed by atoms with Crippen LogP contribution in [-0.2, 0) is 19.5 Å². The zero-order valence-electron chi connectivity index (χ0n) is 15.3. The van der Waals surface area contributed by atoms with Crippen molar-refractivity contribution < 1.29 is 0 Å². The molecule has 0 radical (unpaired) electrons. The van der Waals surface area contributed by atoms with Crippen molar-refractivity contribution in [1.82, 2.24) is 24.3 Å². The summed E-state index contributed by atoms with van der Waals surface area (Å²) >= 11 is 7.59. The summed E-state index contributed by atoms with van der Waals surface area (Å²) in [6.07, 6.45) is 2.81. The number of nitrogens with one attached hydrogen (secondary N) is 1. The quantitative estimate of drug-likeness (QED) is 0.558. The smallest absolute Gasteiger partial charge is 0.255 e. The Morgan fingerprint density at radius 3 is 2.89 bits per heavy atom. The fourth-order valence-corrected chi connectivity index (χ4v) is 4.61. The lowest BCUT2D eigenvalue weighted by atomic mass is 10.1. The van der Waals surface area contributed by atoms with E-state index in [0.717, 1.165) is 47.0 Å². The van der Waals surface area contributed by atoms with Gasteiger partial charge in [-0.15, -0.1) is 11.3 Å². The molecule has 0 unspecified atom stereocenters. The Morgan fingerprint density at radius 2 is 2.07 bits per heavy atom. The van der Waals surface area contributed by atoms with E-state index in [9.17, 15) is 4.79 Å². The third-order valence-corrected chi connectivity index (χ3v) is 6.21. The molecule has 0 amide bonds. The highest BCUT2D eigenvalue weighted by Gasteiger charge is 2.23. The molecule has 3 aromatic heterocycles. The maximum absolute atomic E-state index is 12.7. The van der Waals surface area contributed by atoms with Gasteiger partial charge in [-0.05, 0) is 31.2 Å². The lowest BCUT2D eigenvalue weighted by Crippen LogP contribution is -2.35. The van der Waals surface area contributed by atoms with Crippen molar-refractivity contribution in [3.63, 3.8) is 0 Å². The second kappa shape index (κ2) is 6.84. The molecule has 4 aromatic rings. The third-order valence-electron chi connectivity index (χ3n) is 5.20. The van der Waals surface area contributed by atoms with Crippen molar-refractivity contribution in [2.45, 2.75) is 26.4 Å². The van der Waals surface area contributed by atoms with Crippen molar-refractivity contribution in [2.24, 2.45) is 0 Å². The highest BCUT2D eigenvalue weighted by atomic mass is 35.5. The highest BCUT2D eigenvalue weighted by Crippen LogP contribution is 2.23. The predicted molar refractivity (Wildman–Crippen MR) is 111 cm³/mol. The first-order chi connectivity index (χ1) is 13.6. The topological polar surface area (TPSA) is 66.3 Å². The molecule has 0 spiro atoms. The molecule has 0 fully saturated rings. The molecule has 28 heavy (non-hydrogen) atoms. The summed E-state index contributed by atoms with van der Waals surface area (Å²) in [5.74, 6) is 0.598. The maximum Gasteiger partial charge on any atom is 0.255 e. The van der Waals surface area contributed by atoms with Gasteiger partial charge in [0.2, 0.25) is 0 Å². The number of aryl methyl sites for hydroxylation is 1. The minimum absolute atomic E-state index is 0.0645. The van der Waals surface area contributed by atoms with Gasteiger partial charge in [-0.1, -0.05) is 11.6 Å². The molecule has 4 heterocycles. The fourth-order valence-electron chi connectivity index (χ4n) is 3.70. The number of hydrogen-bond donors (Lipinski definition) is 1. The minimum Gasteiger partial charge on any atom is -0.306 e. The summed E-state index contributed by atoms with van der Waals surface area (Å²) in [5.41, 5.74) is 4.67. The number of aromatic amines is 1. The van der Waals surface area contributed by atoms with E-state index in [1.54, 1.807) is 23.5 Å². The molecule has 1 aliphatic rings. The SMILES string of the molecule is Cc1nc2sccn2c1CN1CCc2nc(-c3ccc(Cl)cc3)[nH]c(=O)c2C1. The number of imidazole rings is 1. The number of benzene rings is 1. The van der Waals surface area contributed by atoms with Crippen molar-refractivity contribution in [2.75, 3.05) is 6.54 Å². The van der Waals surface area contributed by atoms with E-state index in [-0.39, 0.29) is 5.56 Å². The van der Waals surface area contributed by atoms with Crippen LogP contribution in [0.25, 0.3) is 16.3 Å². The van der Waals surface area contributed by atoms with Gasteiger partial charge in [0.15, 0.2) is 4.96 Å². The Hall–Kier alpha value is -2.48. The Labute approximate surface area is 170 Å². The summed E-state index contributed by atoms with van der Waals surface area (Å²) in [6, 6.07) is 7.35. The van der Waals surface area contributed by atoms with Crippen LogP contribution in [0.15, 0.2) is 40.6 Å². The van der Waals surface area contributed by atoms with Crippen LogP contribution < -0.4 is 5.56 Å². The Balaban J connectivity index is 1.43. The summed E-state index contributed by atoms with van der Waals surface area (Å²) in [4.78, 5) is 28.3. The van der Waals surface area contributed by atoms with Gasteiger partial charge in [0.05, 0.1) is 22.6 Å². The number of thiazole rings is 1. The highest BCUT2D eigenvalue weighted by molar-refractivity contribution is 7.15. The molecule has 6 nitrogen and oxygen atoms in total. The second-order valence-electron chi connectivity index (χ2n) is 7.01. The molecular weight excluding hydrogens is 394 g/mol. The van der Waals surface area contributed by atoms with Gasteiger partial charge in [-0.3, -0.25) is 14.1 Å². The average Bonchev–Trinajstić information content (AvgIpc) is 3.25. The van der Waals surface area contributed by atoms with Gasteiger partial charge >= 0.3 is 0 Å². The molecule has 0 bridgehead atoms. The van der Waals surface area contributed by atoms with E-state index in [1.807, 2.05) is 24.4 Å². The number of aromatic nitrogens is 4.